The van der Waals surface area contributed by atoms with Crippen LogP contribution in [0.15, 0.2) is 30.3 Å². The first-order valence-corrected chi connectivity index (χ1v) is 17.8. The third-order valence-corrected chi connectivity index (χ3v) is 8.35. The molecule has 0 aliphatic heterocycles. The lowest BCUT2D eigenvalue weighted by molar-refractivity contribution is -0.141. The standard InChI is InChI=1S/C34H37Br3N2O12/c1-46-26(40)12-10-20-22(14-28(42)48-3)24(38-30(20)32(44)50-17-19-8-6-5-7-9-19)16-25-23(15-29(43)49-4)21(11-13-27(41)47-2)31(39-25)33(45)51-18-34(35,36)37/h5-9,38-39H,10-18H2,1-4H3. The van der Waals surface area contributed by atoms with Gasteiger partial charge in [0.05, 0.1) is 41.3 Å². The highest BCUT2D eigenvalue weighted by Gasteiger charge is 2.31. The van der Waals surface area contributed by atoms with E-state index >= 15 is 0 Å². The molecule has 0 saturated carbocycles. The van der Waals surface area contributed by atoms with Crippen LogP contribution in [-0.2, 0) is 86.3 Å². The highest BCUT2D eigenvalue weighted by molar-refractivity contribution is 9.39. The van der Waals surface area contributed by atoms with Crippen molar-refractivity contribution in [3.63, 3.8) is 0 Å². The summed E-state index contributed by atoms with van der Waals surface area (Å²) in [4.78, 5) is 83.0. The van der Waals surface area contributed by atoms with Gasteiger partial charge in [0.2, 0.25) is 0 Å². The molecule has 1 aromatic carbocycles. The molecular formula is C34H37Br3N2O12. The van der Waals surface area contributed by atoms with E-state index in [-0.39, 0.29) is 69.5 Å². The SMILES string of the molecule is COC(=O)CCc1c(C(=O)OCc2ccccc2)[nH]c(Cc2[nH]c(C(=O)OCC(Br)(Br)Br)c(CCC(=O)OC)c2CC(=O)OC)c1CC(=O)OC. The summed E-state index contributed by atoms with van der Waals surface area (Å²) in [7, 11) is 4.88. The molecule has 0 fully saturated rings. The van der Waals surface area contributed by atoms with Gasteiger partial charge in [0, 0.05) is 30.7 Å². The molecule has 2 aromatic heterocycles. The Bertz CT molecular complexity index is 1730. The van der Waals surface area contributed by atoms with Crippen LogP contribution >= 0.6 is 47.8 Å². The molecule has 2 N–H and O–H groups in total. The number of halogens is 3. The Morgan fingerprint density at radius 1 is 0.608 bits per heavy atom. The minimum absolute atomic E-state index is 0.000351. The quantitative estimate of drug-likeness (QED) is 0.106. The number of ether oxygens (including phenoxy) is 6. The van der Waals surface area contributed by atoms with E-state index in [0.717, 1.165) is 5.56 Å². The van der Waals surface area contributed by atoms with Crippen LogP contribution in [0.4, 0.5) is 0 Å². The average molecular weight is 905 g/mol. The predicted molar refractivity (Wildman–Crippen MR) is 192 cm³/mol. The maximum Gasteiger partial charge on any atom is 0.355 e. The van der Waals surface area contributed by atoms with Crippen molar-refractivity contribution in [2.45, 2.75) is 53.7 Å². The Morgan fingerprint density at radius 2 is 1.04 bits per heavy atom. The zero-order valence-electron chi connectivity index (χ0n) is 28.3. The number of aromatic amines is 2. The van der Waals surface area contributed by atoms with E-state index in [1.165, 1.54) is 28.4 Å². The number of hydrogen-bond acceptors (Lipinski definition) is 12. The smallest absolute Gasteiger partial charge is 0.355 e. The van der Waals surface area contributed by atoms with Crippen molar-refractivity contribution >= 4 is 83.6 Å². The molecule has 0 unspecified atom stereocenters. The fourth-order valence-electron chi connectivity index (χ4n) is 5.18. The number of aromatic nitrogens is 2. The van der Waals surface area contributed by atoms with Crippen LogP contribution in [0.25, 0.3) is 0 Å². The number of carbonyl (C=O) groups is 6. The Kier molecular flexibility index (Phi) is 15.9. The number of nitrogens with one attached hydrogen (secondary N) is 2. The molecule has 17 heteroatoms. The summed E-state index contributed by atoms with van der Waals surface area (Å²) < 4.78 is 29.7. The Morgan fingerprint density at radius 3 is 1.45 bits per heavy atom. The summed E-state index contributed by atoms with van der Waals surface area (Å²) >= 11 is 9.85. The first-order chi connectivity index (χ1) is 24.2. The van der Waals surface area contributed by atoms with E-state index in [9.17, 15) is 28.8 Å². The third-order valence-electron chi connectivity index (χ3n) is 7.67. The first kappa shape index (κ1) is 41.5. The number of hydrogen-bond donors (Lipinski definition) is 2. The second-order valence-corrected chi connectivity index (χ2v) is 18.2. The molecule has 14 nitrogen and oxygen atoms in total. The highest BCUT2D eigenvalue weighted by Crippen LogP contribution is 2.34. The minimum Gasteiger partial charge on any atom is -0.469 e. The molecule has 0 aliphatic rings. The van der Waals surface area contributed by atoms with Crippen molar-refractivity contribution in [3.05, 3.63) is 80.9 Å². The largest absolute Gasteiger partial charge is 0.469 e. The summed E-state index contributed by atoms with van der Waals surface area (Å²) in [6.45, 7) is -0.217. The van der Waals surface area contributed by atoms with Gasteiger partial charge in [0.1, 0.15) is 24.6 Å². The van der Waals surface area contributed by atoms with E-state index in [1.54, 1.807) is 24.3 Å². The number of alkyl halides is 3. The van der Waals surface area contributed by atoms with Crippen LogP contribution in [0.1, 0.15) is 73.0 Å². The van der Waals surface area contributed by atoms with Crippen molar-refractivity contribution in [2.75, 3.05) is 35.0 Å². The van der Waals surface area contributed by atoms with Gasteiger partial charge in [-0.05, 0) is 40.7 Å². The molecule has 3 aromatic rings. The van der Waals surface area contributed by atoms with E-state index in [1.807, 2.05) is 6.07 Å². The van der Waals surface area contributed by atoms with Crippen LogP contribution < -0.4 is 0 Å². The summed E-state index contributed by atoms with van der Waals surface area (Å²) in [6, 6.07) is 9.00. The number of esters is 6. The van der Waals surface area contributed by atoms with Gasteiger partial charge in [0.15, 0.2) is 2.14 Å². The molecule has 276 valence electrons. The van der Waals surface area contributed by atoms with E-state index < -0.39 is 38.0 Å². The van der Waals surface area contributed by atoms with Crippen LogP contribution in [0.2, 0.25) is 0 Å². The van der Waals surface area contributed by atoms with E-state index in [4.69, 9.17) is 28.4 Å². The Labute approximate surface area is 319 Å². The first-order valence-electron chi connectivity index (χ1n) is 15.4. The molecule has 0 radical (unpaired) electrons. The summed E-state index contributed by atoms with van der Waals surface area (Å²) in [5.74, 6) is -3.91. The summed E-state index contributed by atoms with van der Waals surface area (Å²) in [5, 5.41) is 0. The molecule has 0 amide bonds. The van der Waals surface area contributed by atoms with Crippen molar-refractivity contribution in [1.82, 2.24) is 9.97 Å². The second-order valence-electron chi connectivity index (χ2n) is 11.0. The molecule has 0 aliphatic carbocycles. The molecule has 0 saturated heterocycles. The van der Waals surface area contributed by atoms with Gasteiger partial charge in [-0.15, -0.1) is 0 Å². The van der Waals surface area contributed by atoms with E-state index in [0.29, 0.717) is 33.6 Å². The fraction of sp³-hybridized carbons (Fsp3) is 0.412. The lowest BCUT2D eigenvalue weighted by Gasteiger charge is -2.13. The molecule has 0 bridgehead atoms. The third kappa shape index (κ3) is 12.3. The minimum atomic E-state index is -0.918. The molecule has 0 atom stereocenters. The van der Waals surface area contributed by atoms with E-state index in [2.05, 4.69) is 57.8 Å². The van der Waals surface area contributed by atoms with Crippen molar-refractivity contribution in [1.29, 1.82) is 0 Å². The lowest BCUT2D eigenvalue weighted by Crippen LogP contribution is -2.18. The lowest BCUT2D eigenvalue weighted by atomic mass is 9.96. The normalized spacial score (nSPS) is 11.0. The monoisotopic (exact) mass is 902 g/mol. The van der Waals surface area contributed by atoms with Crippen molar-refractivity contribution in [2.24, 2.45) is 0 Å². The average Bonchev–Trinajstić information content (AvgIpc) is 3.63. The zero-order chi connectivity index (χ0) is 37.7. The molecule has 2 heterocycles. The number of rotatable bonds is 17. The number of carbonyl (C=O) groups excluding carboxylic acids is 6. The van der Waals surface area contributed by atoms with Gasteiger partial charge in [-0.2, -0.15) is 0 Å². The topological polar surface area (TPSA) is 189 Å². The van der Waals surface area contributed by atoms with Crippen LogP contribution in [-0.4, -0.2) is 83.0 Å². The van der Waals surface area contributed by atoms with Gasteiger partial charge in [0.25, 0.3) is 0 Å². The summed E-state index contributed by atoms with van der Waals surface area (Å²) in [6.07, 6.45) is -0.962. The molecule has 51 heavy (non-hydrogen) atoms. The number of H-pyrrole nitrogens is 2. The zero-order valence-corrected chi connectivity index (χ0v) is 33.0. The van der Waals surface area contributed by atoms with Crippen molar-refractivity contribution < 1.29 is 57.2 Å². The van der Waals surface area contributed by atoms with Gasteiger partial charge in [-0.1, -0.05) is 78.1 Å². The van der Waals surface area contributed by atoms with Crippen LogP contribution in [0.5, 0.6) is 0 Å². The van der Waals surface area contributed by atoms with Gasteiger partial charge in [-0.3, -0.25) is 19.2 Å². The maximum atomic E-state index is 13.6. The van der Waals surface area contributed by atoms with Gasteiger partial charge in [-0.25, -0.2) is 9.59 Å². The molecular weight excluding hydrogens is 868 g/mol. The molecule has 0 spiro atoms. The van der Waals surface area contributed by atoms with Crippen LogP contribution in [0, 0.1) is 0 Å². The van der Waals surface area contributed by atoms with Crippen molar-refractivity contribution in [3.8, 4) is 0 Å². The predicted octanol–water partition coefficient (Wildman–Crippen LogP) is 4.93. The number of methoxy groups -OCH3 is 4. The molecule has 3 rings (SSSR count). The highest BCUT2D eigenvalue weighted by atomic mass is 80.0. The maximum absolute atomic E-state index is 13.6. The van der Waals surface area contributed by atoms with Crippen LogP contribution in [0.3, 0.4) is 0 Å². The van der Waals surface area contributed by atoms with Gasteiger partial charge >= 0.3 is 35.8 Å². The fourth-order valence-corrected chi connectivity index (χ4v) is 5.52. The Hall–Kier alpha value is -3.96. The number of benzene rings is 1. The Balaban J connectivity index is 2.21. The second kappa shape index (κ2) is 19.6. The van der Waals surface area contributed by atoms with Gasteiger partial charge < -0.3 is 38.4 Å². The summed E-state index contributed by atoms with van der Waals surface area (Å²) in [5.41, 5.74) is 2.68.